The summed E-state index contributed by atoms with van der Waals surface area (Å²) < 4.78 is 13.4. The van der Waals surface area contributed by atoms with E-state index in [4.69, 9.17) is 0 Å². The third kappa shape index (κ3) is 2.25. The van der Waals surface area contributed by atoms with Crippen LogP contribution in [0.1, 0.15) is 41.3 Å². The van der Waals surface area contributed by atoms with E-state index in [-0.39, 0.29) is 17.4 Å². The Hall–Kier alpha value is -3.01. The fourth-order valence-electron chi connectivity index (χ4n) is 3.78. The van der Waals surface area contributed by atoms with Gasteiger partial charge in [0.15, 0.2) is 11.6 Å². The first-order valence-electron chi connectivity index (χ1n) is 8.11. The summed E-state index contributed by atoms with van der Waals surface area (Å²) in [6.45, 7) is 3.33. The second-order valence-electron chi connectivity index (χ2n) is 6.37. The minimum atomic E-state index is -0.491. The molecule has 0 unspecified atom stereocenters. The molecule has 2 aromatic rings. The van der Waals surface area contributed by atoms with Crippen LogP contribution in [-0.2, 0) is 4.79 Å². The van der Waals surface area contributed by atoms with E-state index in [9.17, 15) is 14.0 Å². The number of nitrogens with one attached hydrogen (secondary N) is 1. The first kappa shape index (κ1) is 15.5. The maximum atomic E-state index is 13.4. The van der Waals surface area contributed by atoms with Crippen LogP contribution >= 0.6 is 0 Å². The third-order valence-corrected chi connectivity index (χ3v) is 4.83. The first-order chi connectivity index (χ1) is 12.0. The molecule has 1 aliphatic heterocycles. The van der Waals surface area contributed by atoms with Crippen molar-refractivity contribution < 1.29 is 14.0 Å². The molecule has 2 aliphatic rings. The lowest BCUT2D eigenvalue weighted by molar-refractivity contribution is -0.113. The number of fused-ring (bicyclic) bond motifs is 2. The number of dihydropyridines is 1. The van der Waals surface area contributed by atoms with Crippen LogP contribution in [0.3, 0.4) is 0 Å². The molecule has 3 nitrogen and oxygen atoms in total. The summed E-state index contributed by atoms with van der Waals surface area (Å²) in [4.78, 5) is 25.4. The van der Waals surface area contributed by atoms with Crippen molar-refractivity contribution in [3.05, 3.63) is 87.9 Å². The van der Waals surface area contributed by atoms with Gasteiger partial charge < -0.3 is 5.32 Å². The number of ketones is 2. The van der Waals surface area contributed by atoms with Crippen LogP contribution in [0.4, 0.5) is 4.39 Å². The van der Waals surface area contributed by atoms with Gasteiger partial charge in [-0.3, -0.25) is 9.59 Å². The number of halogens is 1. The fourth-order valence-corrected chi connectivity index (χ4v) is 3.78. The van der Waals surface area contributed by atoms with Gasteiger partial charge in [0.2, 0.25) is 0 Å². The SMILES string of the molecule is CC(=O)C1=C(C)NC2=C(C(=O)c3ccccc32)[C@H]1c1ccc(F)cc1. The molecular weight excluding hydrogens is 317 g/mol. The Bertz CT molecular complexity index is 983. The topological polar surface area (TPSA) is 46.2 Å². The Balaban J connectivity index is 1.96. The minimum absolute atomic E-state index is 0.0846. The first-order valence-corrected chi connectivity index (χ1v) is 8.11. The highest BCUT2D eigenvalue weighted by Gasteiger charge is 2.41. The van der Waals surface area contributed by atoms with E-state index >= 15 is 0 Å². The smallest absolute Gasteiger partial charge is 0.192 e. The predicted molar refractivity (Wildman–Crippen MR) is 93.4 cm³/mol. The molecule has 25 heavy (non-hydrogen) atoms. The molecule has 0 saturated carbocycles. The molecule has 0 saturated heterocycles. The highest BCUT2D eigenvalue weighted by Crippen LogP contribution is 2.46. The second kappa shape index (κ2) is 5.52. The van der Waals surface area contributed by atoms with E-state index in [1.54, 1.807) is 18.2 Å². The molecule has 0 amide bonds. The number of rotatable bonds is 2. The van der Waals surface area contributed by atoms with Gasteiger partial charge in [-0.25, -0.2) is 4.39 Å². The van der Waals surface area contributed by atoms with Crippen LogP contribution in [-0.4, -0.2) is 11.6 Å². The number of hydrogen-bond donors (Lipinski definition) is 1. The zero-order valence-electron chi connectivity index (χ0n) is 13.9. The molecule has 124 valence electrons. The Kier molecular flexibility index (Phi) is 3.42. The highest BCUT2D eigenvalue weighted by atomic mass is 19.1. The lowest BCUT2D eigenvalue weighted by Gasteiger charge is -2.29. The van der Waals surface area contributed by atoms with E-state index in [0.717, 1.165) is 22.5 Å². The summed E-state index contributed by atoms with van der Waals surface area (Å²) >= 11 is 0. The monoisotopic (exact) mass is 333 g/mol. The van der Waals surface area contributed by atoms with Gasteiger partial charge in [0.1, 0.15) is 5.82 Å². The lowest BCUT2D eigenvalue weighted by atomic mass is 9.78. The van der Waals surface area contributed by atoms with Crippen molar-refractivity contribution in [2.45, 2.75) is 19.8 Å². The highest BCUT2D eigenvalue weighted by molar-refractivity contribution is 6.23. The quantitative estimate of drug-likeness (QED) is 0.904. The average molecular weight is 333 g/mol. The Morgan fingerprint density at radius 1 is 1.04 bits per heavy atom. The largest absolute Gasteiger partial charge is 0.358 e. The molecule has 1 N–H and O–H groups in total. The molecule has 0 aromatic heterocycles. The standard InChI is InChI=1S/C21H16FNO2/c1-11-17(12(2)24)18(13-7-9-14(22)10-8-13)19-20(23-11)15-5-3-4-6-16(15)21(19)25/h3-10,18,23H,1-2H3/t18-/m0/s1. The molecule has 1 atom stereocenters. The van der Waals surface area contributed by atoms with E-state index in [1.807, 2.05) is 25.1 Å². The average Bonchev–Trinajstić information content (AvgIpc) is 2.87. The van der Waals surface area contributed by atoms with Gasteiger partial charge in [-0.1, -0.05) is 36.4 Å². The molecule has 1 aliphatic carbocycles. The second-order valence-corrected chi connectivity index (χ2v) is 6.37. The molecular formula is C21H16FNO2. The van der Waals surface area contributed by atoms with Crippen molar-refractivity contribution in [3.63, 3.8) is 0 Å². The van der Waals surface area contributed by atoms with Crippen LogP contribution in [0.2, 0.25) is 0 Å². The molecule has 0 spiro atoms. The van der Waals surface area contributed by atoms with Crippen LogP contribution in [0.25, 0.3) is 5.70 Å². The van der Waals surface area contributed by atoms with Gasteiger partial charge >= 0.3 is 0 Å². The zero-order chi connectivity index (χ0) is 17.7. The lowest BCUT2D eigenvalue weighted by Crippen LogP contribution is -2.27. The summed E-state index contributed by atoms with van der Waals surface area (Å²) in [5, 5.41) is 3.25. The molecule has 4 heteroatoms. The van der Waals surface area contributed by atoms with Gasteiger partial charge in [0.05, 0.1) is 5.70 Å². The number of hydrogen-bond acceptors (Lipinski definition) is 3. The summed E-state index contributed by atoms with van der Waals surface area (Å²) in [6, 6.07) is 13.4. The summed E-state index contributed by atoms with van der Waals surface area (Å²) in [5.74, 6) is -1.03. The van der Waals surface area contributed by atoms with Crippen LogP contribution in [0.5, 0.6) is 0 Å². The van der Waals surface area contributed by atoms with Gasteiger partial charge in [-0.05, 0) is 31.5 Å². The van der Waals surface area contributed by atoms with Crippen LogP contribution < -0.4 is 5.32 Å². The molecule has 0 fully saturated rings. The third-order valence-electron chi connectivity index (χ3n) is 4.83. The molecule has 4 rings (SSSR count). The van der Waals surface area contributed by atoms with E-state index in [2.05, 4.69) is 5.32 Å². The van der Waals surface area contributed by atoms with Gasteiger partial charge in [0.25, 0.3) is 0 Å². The van der Waals surface area contributed by atoms with Crippen molar-refractivity contribution >= 4 is 17.3 Å². The number of carbonyl (C=O) groups excluding carboxylic acids is 2. The van der Waals surface area contributed by atoms with Crippen molar-refractivity contribution in [3.8, 4) is 0 Å². The normalized spacial score (nSPS) is 18.8. The summed E-state index contributed by atoms with van der Waals surface area (Å²) in [7, 11) is 0. The minimum Gasteiger partial charge on any atom is -0.358 e. The summed E-state index contributed by atoms with van der Waals surface area (Å²) in [6.07, 6.45) is 0. The van der Waals surface area contributed by atoms with E-state index in [0.29, 0.717) is 16.7 Å². The van der Waals surface area contributed by atoms with Gasteiger partial charge in [-0.2, -0.15) is 0 Å². The Morgan fingerprint density at radius 2 is 1.68 bits per heavy atom. The van der Waals surface area contributed by atoms with E-state index < -0.39 is 5.92 Å². The van der Waals surface area contributed by atoms with Crippen molar-refractivity contribution in [1.82, 2.24) is 5.32 Å². The molecule has 0 radical (unpaired) electrons. The molecule has 0 bridgehead atoms. The van der Waals surface area contributed by atoms with Crippen molar-refractivity contribution in [2.24, 2.45) is 0 Å². The van der Waals surface area contributed by atoms with Crippen LogP contribution in [0.15, 0.2) is 65.4 Å². The molecule has 2 aromatic carbocycles. The Morgan fingerprint density at radius 3 is 2.32 bits per heavy atom. The summed E-state index contributed by atoms with van der Waals surface area (Å²) in [5.41, 5.74) is 4.79. The van der Waals surface area contributed by atoms with Crippen LogP contribution in [0, 0.1) is 5.82 Å². The maximum absolute atomic E-state index is 13.4. The molecule has 1 heterocycles. The number of benzene rings is 2. The number of Topliss-reactive ketones (excluding diaryl/α,β-unsaturated/α-hetero) is 2. The Labute approximate surface area is 144 Å². The van der Waals surface area contributed by atoms with E-state index in [1.165, 1.54) is 19.1 Å². The maximum Gasteiger partial charge on any atom is 0.192 e. The fraction of sp³-hybridized carbons (Fsp3) is 0.143. The predicted octanol–water partition coefficient (Wildman–Crippen LogP) is 3.98. The van der Waals surface area contributed by atoms with Gasteiger partial charge in [-0.15, -0.1) is 0 Å². The van der Waals surface area contributed by atoms with Crippen molar-refractivity contribution in [1.29, 1.82) is 0 Å². The van der Waals surface area contributed by atoms with Crippen molar-refractivity contribution in [2.75, 3.05) is 0 Å². The van der Waals surface area contributed by atoms with Gasteiger partial charge in [0, 0.05) is 33.9 Å². The zero-order valence-corrected chi connectivity index (χ0v) is 13.9. The number of allylic oxidation sites excluding steroid dienone is 3. The number of carbonyl (C=O) groups is 2.